The van der Waals surface area contributed by atoms with E-state index in [4.69, 9.17) is 18.0 Å². The minimum atomic E-state index is -0.466. The number of esters is 1. The summed E-state index contributed by atoms with van der Waals surface area (Å²) >= 11 is 7.61. The minimum Gasteiger partial charge on any atom is -0.465 e. The number of carbonyl (C=O) groups excluding carboxylic acids is 2. The number of rotatable bonds is 3. The van der Waals surface area contributed by atoms with Crippen LogP contribution in [0.5, 0.6) is 0 Å². The van der Waals surface area contributed by atoms with Gasteiger partial charge < -0.3 is 9.30 Å². The highest BCUT2D eigenvalue weighted by Crippen LogP contribution is 2.25. The molecule has 0 spiro atoms. The maximum Gasteiger partial charge on any atom is 0.337 e. The van der Waals surface area contributed by atoms with Crippen molar-refractivity contribution in [2.45, 2.75) is 6.54 Å². The average Bonchev–Trinajstić information content (AvgIpc) is 3.00. The van der Waals surface area contributed by atoms with E-state index in [2.05, 4.69) is 15.6 Å². The number of terminal acetylenes is 1. The van der Waals surface area contributed by atoms with Crippen LogP contribution in [0.25, 0.3) is 10.2 Å². The second-order valence-corrected chi connectivity index (χ2v) is 6.66. The Morgan fingerprint density at radius 3 is 2.58 bits per heavy atom. The molecule has 1 heterocycles. The van der Waals surface area contributed by atoms with E-state index in [-0.39, 0.29) is 6.54 Å². The maximum atomic E-state index is 12.5. The van der Waals surface area contributed by atoms with Gasteiger partial charge in [0.2, 0.25) is 0 Å². The van der Waals surface area contributed by atoms with Crippen LogP contribution in [0.4, 0.5) is 0 Å². The van der Waals surface area contributed by atoms with Crippen LogP contribution in [0.1, 0.15) is 20.7 Å². The number of benzene rings is 2. The summed E-state index contributed by atoms with van der Waals surface area (Å²) in [6.07, 6.45) is 5.45. The van der Waals surface area contributed by atoms with Gasteiger partial charge in [0, 0.05) is 5.56 Å². The molecule has 2 aromatic carbocycles. The third-order valence-corrected chi connectivity index (χ3v) is 5.00. The van der Waals surface area contributed by atoms with Gasteiger partial charge in [-0.1, -0.05) is 34.9 Å². The average molecular weight is 385 g/mol. The van der Waals surface area contributed by atoms with Crippen molar-refractivity contribution >= 4 is 45.0 Å². The van der Waals surface area contributed by atoms with Gasteiger partial charge in [-0.25, -0.2) is 4.79 Å². The van der Waals surface area contributed by atoms with Crippen molar-refractivity contribution in [1.29, 1.82) is 0 Å². The number of hydrogen-bond acceptors (Lipinski definition) is 4. The lowest BCUT2D eigenvalue weighted by atomic mass is 10.1. The summed E-state index contributed by atoms with van der Waals surface area (Å²) in [6, 6.07) is 11.6. The Morgan fingerprint density at radius 1 is 1.23 bits per heavy atom. The highest BCUT2D eigenvalue weighted by atomic mass is 35.5. The lowest BCUT2D eigenvalue weighted by Gasteiger charge is -2.02. The summed E-state index contributed by atoms with van der Waals surface area (Å²) in [7, 11) is 1.30. The van der Waals surface area contributed by atoms with Gasteiger partial charge in [0.05, 0.1) is 34.5 Å². The van der Waals surface area contributed by atoms with Gasteiger partial charge in [-0.15, -0.1) is 6.42 Å². The first-order valence-corrected chi connectivity index (χ1v) is 8.73. The summed E-state index contributed by atoms with van der Waals surface area (Å²) in [5.41, 5.74) is 1.47. The Hall–Kier alpha value is -2.88. The molecule has 0 saturated carbocycles. The molecule has 3 rings (SSSR count). The molecule has 7 heteroatoms. The smallest absolute Gasteiger partial charge is 0.337 e. The molecule has 0 fully saturated rings. The molecule has 26 heavy (non-hydrogen) atoms. The third-order valence-electron chi connectivity index (χ3n) is 3.65. The number of halogens is 1. The first-order chi connectivity index (χ1) is 12.5. The number of aromatic nitrogens is 1. The predicted molar refractivity (Wildman–Crippen MR) is 101 cm³/mol. The molecule has 0 N–H and O–H groups in total. The van der Waals surface area contributed by atoms with E-state index in [1.807, 2.05) is 12.1 Å². The van der Waals surface area contributed by atoms with Crippen LogP contribution in [0.3, 0.4) is 0 Å². The Labute approximate surface area is 158 Å². The van der Waals surface area contributed by atoms with Gasteiger partial charge in [0.15, 0.2) is 4.80 Å². The van der Waals surface area contributed by atoms with Crippen molar-refractivity contribution in [2.75, 3.05) is 7.11 Å². The molecule has 0 aliphatic carbocycles. The van der Waals surface area contributed by atoms with Gasteiger partial charge in [-0.2, -0.15) is 4.99 Å². The van der Waals surface area contributed by atoms with Crippen molar-refractivity contribution in [3.8, 4) is 12.3 Å². The van der Waals surface area contributed by atoms with Crippen LogP contribution in [-0.4, -0.2) is 23.6 Å². The van der Waals surface area contributed by atoms with Crippen LogP contribution >= 0.6 is 22.9 Å². The van der Waals surface area contributed by atoms with Crippen molar-refractivity contribution < 1.29 is 14.3 Å². The number of carbonyl (C=O) groups is 2. The van der Waals surface area contributed by atoms with Crippen LogP contribution in [-0.2, 0) is 11.3 Å². The van der Waals surface area contributed by atoms with E-state index in [1.165, 1.54) is 42.7 Å². The van der Waals surface area contributed by atoms with Crippen molar-refractivity contribution in [2.24, 2.45) is 4.99 Å². The van der Waals surface area contributed by atoms with E-state index < -0.39 is 11.9 Å². The van der Waals surface area contributed by atoms with Gasteiger partial charge in [-0.05, 0) is 36.4 Å². The molecule has 0 aliphatic rings. The minimum absolute atomic E-state index is 0.247. The van der Waals surface area contributed by atoms with Gasteiger partial charge >= 0.3 is 5.97 Å². The van der Waals surface area contributed by atoms with Gasteiger partial charge in [0.1, 0.15) is 0 Å². The van der Waals surface area contributed by atoms with E-state index >= 15 is 0 Å². The van der Waals surface area contributed by atoms with Crippen LogP contribution in [0, 0.1) is 12.3 Å². The van der Waals surface area contributed by atoms with Crippen molar-refractivity contribution in [3.63, 3.8) is 0 Å². The number of para-hydroxylation sites is 1. The topological polar surface area (TPSA) is 60.7 Å². The monoisotopic (exact) mass is 384 g/mol. The van der Waals surface area contributed by atoms with Crippen LogP contribution < -0.4 is 4.80 Å². The summed E-state index contributed by atoms with van der Waals surface area (Å²) in [6.45, 7) is 0.247. The number of thiazole rings is 1. The second-order valence-electron chi connectivity index (χ2n) is 5.25. The molecule has 0 bridgehead atoms. The predicted octanol–water partition coefficient (Wildman–Crippen LogP) is 3.52. The fraction of sp³-hybridized carbons (Fsp3) is 0.105. The molecule has 0 atom stereocenters. The van der Waals surface area contributed by atoms with E-state index in [0.29, 0.717) is 21.0 Å². The second kappa shape index (κ2) is 7.56. The normalized spacial score (nSPS) is 11.3. The number of hydrogen-bond donors (Lipinski definition) is 0. The Bertz CT molecular complexity index is 1100. The largest absolute Gasteiger partial charge is 0.465 e. The Morgan fingerprint density at radius 2 is 1.92 bits per heavy atom. The lowest BCUT2D eigenvalue weighted by molar-refractivity contribution is 0.0600. The molecule has 0 aliphatic heterocycles. The maximum absolute atomic E-state index is 12.5. The zero-order chi connectivity index (χ0) is 18.7. The fourth-order valence-corrected chi connectivity index (χ4v) is 3.82. The fourth-order valence-electron chi connectivity index (χ4n) is 2.43. The summed E-state index contributed by atoms with van der Waals surface area (Å²) in [5, 5.41) is 0.547. The number of ether oxygens (including phenoxy) is 1. The third kappa shape index (κ3) is 3.40. The van der Waals surface area contributed by atoms with Gasteiger partial charge in [0.25, 0.3) is 5.91 Å². The van der Waals surface area contributed by atoms with E-state index in [9.17, 15) is 9.59 Å². The molecule has 1 amide bonds. The molecule has 130 valence electrons. The SMILES string of the molecule is C#CCn1c(=NC(=O)c2ccc(C(=O)OC)cc2)sc2cccc(Cl)c21. The highest BCUT2D eigenvalue weighted by molar-refractivity contribution is 7.16. The zero-order valence-electron chi connectivity index (χ0n) is 13.7. The van der Waals surface area contributed by atoms with Crippen molar-refractivity contribution in [3.05, 3.63) is 63.4 Å². The number of amides is 1. The first kappa shape index (κ1) is 17.9. The highest BCUT2D eigenvalue weighted by Gasteiger charge is 2.12. The molecule has 1 aromatic heterocycles. The molecule has 0 unspecified atom stereocenters. The number of nitrogens with zero attached hydrogens (tertiary/aromatic N) is 2. The van der Waals surface area contributed by atoms with Crippen LogP contribution in [0.15, 0.2) is 47.5 Å². The van der Waals surface area contributed by atoms with Crippen LogP contribution in [0.2, 0.25) is 5.02 Å². The molecular formula is C19H13ClN2O3S. The Balaban J connectivity index is 2.05. The molecule has 0 saturated heterocycles. The molecule has 0 radical (unpaired) electrons. The quantitative estimate of drug-likeness (QED) is 0.512. The first-order valence-electron chi connectivity index (χ1n) is 7.54. The zero-order valence-corrected chi connectivity index (χ0v) is 15.3. The summed E-state index contributed by atoms with van der Waals surface area (Å²) in [4.78, 5) is 28.6. The van der Waals surface area contributed by atoms with E-state index in [0.717, 1.165) is 10.2 Å². The molecular weight excluding hydrogens is 372 g/mol. The standard InChI is InChI=1S/C19H13ClN2O3S/c1-3-11-22-16-14(20)5-4-6-15(16)26-19(22)21-17(23)12-7-9-13(10-8-12)18(24)25-2/h1,4-10H,11H2,2H3. The molecule has 5 nitrogen and oxygen atoms in total. The van der Waals surface area contributed by atoms with Gasteiger partial charge in [-0.3, -0.25) is 4.79 Å². The molecule has 3 aromatic rings. The lowest BCUT2D eigenvalue weighted by Crippen LogP contribution is -2.16. The summed E-state index contributed by atoms with van der Waals surface area (Å²) in [5.74, 6) is 1.66. The van der Waals surface area contributed by atoms with Crippen molar-refractivity contribution in [1.82, 2.24) is 4.57 Å². The van der Waals surface area contributed by atoms with E-state index in [1.54, 1.807) is 10.6 Å². The number of methoxy groups -OCH3 is 1. The summed E-state index contributed by atoms with van der Waals surface area (Å²) < 4.78 is 7.27. The Kier molecular flexibility index (Phi) is 5.21. The number of fused-ring (bicyclic) bond motifs is 1.